The Bertz CT molecular complexity index is 766. The van der Waals surface area contributed by atoms with Crippen LogP contribution in [0.15, 0.2) is 36.5 Å². The molecular weight excluding hydrogens is 380 g/mol. The van der Waals surface area contributed by atoms with Crippen LogP contribution in [0, 0.1) is 0 Å². The summed E-state index contributed by atoms with van der Waals surface area (Å²) in [5.74, 6) is -0.749. The summed E-state index contributed by atoms with van der Waals surface area (Å²) >= 11 is 0. The van der Waals surface area contributed by atoms with Crippen LogP contribution in [0.2, 0.25) is 0 Å². The van der Waals surface area contributed by atoms with Gasteiger partial charge in [-0.25, -0.2) is 9.97 Å². The molecule has 0 saturated heterocycles. The highest BCUT2D eigenvalue weighted by Crippen LogP contribution is 2.36. The van der Waals surface area contributed by atoms with Crippen molar-refractivity contribution in [3.05, 3.63) is 47.8 Å². The smallest absolute Gasteiger partial charge is 0.433 e. The predicted octanol–water partition coefficient (Wildman–Crippen LogP) is 3.39. The summed E-state index contributed by atoms with van der Waals surface area (Å²) in [6, 6.07) is 5.19. The van der Waals surface area contributed by atoms with Crippen LogP contribution in [-0.2, 0) is 12.4 Å². The average molecular weight is 395 g/mol. The van der Waals surface area contributed by atoms with Crippen molar-refractivity contribution in [2.24, 2.45) is 0 Å². The molecule has 1 N–H and O–H groups in total. The van der Waals surface area contributed by atoms with Crippen molar-refractivity contribution in [1.82, 2.24) is 9.97 Å². The van der Waals surface area contributed by atoms with E-state index in [1.807, 2.05) is 0 Å². The lowest BCUT2D eigenvalue weighted by Gasteiger charge is -2.22. The molecular formula is C16H15F6N3O2. The first kappa shape index (κ1) is 20.7. The highest BCUT2D eigenvalue weighted by atomic mass is 19.4. The first-order valence-electron chi connectivity index (χ1n) is 7.57. The Balaban J connectivity index is 2.00. The number of benzene rings is 1. The molecule has 0 saturated carbocycles. The van der Waals surface area contributed by atoms with Gasteiger partial charge in [0.2, 0.25) is 5.95 Å². The summed E-state index contributed by atoms with van der Waals surface area (Å²) in [6.45, 7) is -0.758. The molecule has 0 aliphatic rings. The maximum atomic E-state index is 12.9. The second-order valence-corrected chi connectivity index (χ2v) is 5.58. The number of hydrogen-bond acceptors (Lipinski definition) is 5. The van der Waals surface area contributed by atoms with E-state index in [1.54, 1.807) is 0 Å². The Morgan fingerprint density at radius 2 is 1.74 bits per heavy atom. The van der Waals surface area contributed by atoms with Gasteiger partial charge in [-0.2, -0.15) is 26.3 Å². The van der Waals surface area contributed by atoms with Crippen LogP contribution in [0.5, 0.6) is 5.75 Å². The molecule has 1 heterocycles. The molecule has 1 aromatic heterocycles. The zero-order chi connectivity index (χ0) is 20.2. The fraction of sp³-hybridized carbons (Fsp3) is 0.375. The number of ether oxygens (including phenoxy) is 1. The molecule has 0 spiro atoms. The fourth-order valence-corrected chi connectivity index (χ4v) is 2.15. The van der Waals surface area contributed by atoms with Crippen molar-refractivity contribution in [2.75, 3.05) is 25.1 Å². The van der Waals surface area contributed by atoms with Crippen LogP contribution in [0.3, 0.4) is 0 Å². The molecule has 0 fully saturated rings. The van der Waals surface area contributed by atoms with E-state index >= 15 is 0 Å². The minimum absolute atomic E-state index is 0.254. The SMILES string of the molecule is CN(CC(O)COc1ccccc1C(F)(F)F)c1nccc(C(F)(F)F)n1. The lowest BCUT2D eigenvalue weighted by Crippen LogP contribution is -2.34. The third-order valence-corrected chi connectivity index (χ3v) is 3.38. The van der Waals surface area contributed by atoms with E-state index in [0.717, 1.165) is 23.2 Å². The minimum Gasteiger partial charge on any atom is -0.490 e. The van der Waals surface area contributed by atoms with Gasteiger partial charge in [0.05, 0.1) is 5.56 Å². The summed E-state index contributed by atoms with van der Waals surface area (Å²) in [5, 5.41) is 9.94. The number of para-hydroxylation sites is 1. The van der Waals surface area contributed by atoms with E-state index in [9.17, 15) is 31.4 Å². The van der Waals surface area contributed by atoms with Crippen LogP contribution < -0.4 is 9.64 Å². The molecule has 11 heteroatoms. The van der Waals surface area contributed by atoms with Gasteiger partial charge in [0, 0.05) is 19.8 Å². The molecule has 0 aliphatic heterocycles. The van der Waals surface area contributed by atoms with E-state index < -0.39 is 42.1 Å². The van der Waals surface area contributed by atoms with E-state index in [0.29, 0.717) is 6.07 Å². The molecule has 0 amide bonds. The molecule has 0 bridgehead atoms. The monoisotopic (exact) mass is 395 g/mol. The third-order valence-electron chi connectivity index (χ3n) is 3.38. The number of nitrogens with zero attached hydrogens (tertiary/aromatic N) is 3. The molecule has 2 rings (SSSR count). The molecule has 5 nitrogen and oxygen atoms in total. The largest absolute Gasteiger partial charge is 0.490 e. The molecule has 27 heavy (non-hydrogen) atoms. The Kier molecular flexibility index (Phi) is 6.14. The number of aliphatic hydroxyl groups is 1. The quantitative estimate of drug-likeness (QED) is 0.760. The van der Waals surface area contributed by atoms with Crippen molar-refractivity contribution in [3.63, 3.8) is 0 Å². The average Bonchev–Trinajstić information content (AvgIpc) is 2.59. The van der Waals surface area contributed by atoms with E-state index in [1.165, 1.54) is 19.2 Å². The maximum Gasteiger partial charge on any atom is 0.433 e. The summed E-state index contributed by atoms with van der Waals surface area (Å²) in [7, 11) is 1.34. The molecule has 1 aromatic carbocycles. The first-order valence-corrected chi connectivity index (χ1v) is 7.57. The van der Waals surface area contributed by atoms with Crippen LogP contribution >= 0.6 is 0 Å². The zero-order valence-corrected chi connectivity index (χ0v) is 13.9. The van der Waals surface area contributed by atoms with Crippen LogP contribution in [-0.4, -0.2) is 41.4 Å². The van der Waals surface area contributed by atoms with Crippen molar-refractivity contribution in [2.45, 2.75) is 18.5 Å². The molecule has 1 atom stereocenters. The summed E-state index contributed by atoms with van der Waals surface area (Å²) in [4.78, 5) is 8.17. The fourth-order valence-electron chi connectivity index (χ4n) is 2.15. The lowest BCUT2D eigenvalue weighted by atomic mass is 10.2. The van der Waals surface area contributed by atoms with E-state index in [2.05, 4.69) is 9.97 Å². The number of hydrogen-bond donors (Lipinski definition) is 1. The number of likely N-dealkylation sites (N-methyl/N-ethyl adjacent to an activating group) is 1. The molecule has 0 radical (unpaired) electrons. The molecule has 0 aliphatic carbocycles. The van der Waals surface area contributed by atoms with Gasteiger partial charge in [-0.15, -0.1) is 0 Å². The maximum absolute atomic E-state index is 12.9. The minimum atomic E-state index is -4.65. The highest BCUT2D eigenvalue weighted by Gasteiger charge is 2.34. The molecule has 148 valence electrons. The predicted molar refractivity (Wildman–Crippen MR) is 83.2 cm³/mol. The van der Waals surface area contributed by atoms with Crippen molar-refractivity contribution in [3.8, 4) is 5.75 Å². The topological polar surface area (TPSA) is 58.5 Å². The standard InChI is InChI=1S/C16H15F6N3O2/c1-25(14-23-7-6-13(24-14)16(20,21)22)8-10(26)9-27-12-5-3-2-4-11(12)15(17,18)19/h2-7,10,26H,8-9H2,1H3. The first-order chi connectivity index (χ1) is 12.5. The van der Waals surface area contributed by atoms with Crippen LogP contribution in [0.4, 0.5) is 32.3 Å². The number of rotatable bonds is 6. The Hall–Kier alpha value is -2.56. The Morgan fingerprint density at radius 1 is 1.07 bits per heavy atom. The van der Waals surface area contributed by atoms with Gasteiger partial charge in [0.15, 0.2) is 0 Å². The molecule has 1 unspecified atom stereocenters. The third kappa shape index (κ3) is 5.71. The number of aliphatic hydroxyl groups excluding tert-OH is 1. The van der Waals surface area contributed by atoms with E-state index in [-0.39, 0.29) is 12.5 Å². The summed E-state index contributed by atoms with van der Waals surface area (Å²) in [6.07, 6.45) is -9.65. The molecule has 2 aromatic rings. The second kappa shape index (κ2) is 7.99. The van der Waals surface area contributed by atoms with Gasteiger partial charge in [-0.05, 0) is 18.2 Å². The van der Waals surface area contributed by atoms with Gasteiger partial charge < -0.3 is 14.7 Å². The highest BCUT2D eigenvalue weighted by molar-refractivity contribution is 5.35. The number of aromatic nitrogens is 2. The van der Waals surface area contributed by atoms with Gasteiger partial charge in [0.25, 0.3) is 0 Å². The van der Waals surface area contributed by atoms with Gasteiger partial charge in [0.1, 0.15) is 24.2 Å². The summed E-state index contributed by atoms with van der Waals surface area (Å²) in [5.41, 5.74) is -2.14. The normalized spacial score (nSPS) is 13.3. The Morgan fingerprint density at radius 3 is 2.37 bits per heavy atom. The summed E-state index contributed by atoms with van der Waals surface area (Å²) < 4.78 is 81.7. The number of halogens is 6. The van der Waals surface area contributed by atoms with Crippen molar-refractivity contribution < 1.29 is 36.2 Å². The van der Waals surface area contributed by atoms with Crippen LogP contribution in [0.1, 0.15) is 11.3 Å². The lowest BCUT2D eigenvalue weighted by molar-refractivity contribution is -0.141. The van der Waals surface area contributed by atoms with Crippen molar-refractivity contribution in [1.29, 1.82) is 0 Å². The number of anilines is 1. The van der Waals surface area contributed by atoms with Gasteiger partial charge in [-0.1, -0.05) is 12.1 Å². The van der Waals surface area contributed by atoms with Gasteiger partial charge in [-0.3, -0.25) is 0 Å². The van der Waals surface area contributed by atoms with Crippen molar-refractivity contribution >= 4 is 5.95 Å². The number of alkyl halides is 6. The van der Waals surface area contributed by atoms with Crippen LogP contribution in [0.25, 0.3) is 0 Å². The zero-order valence-electron chi connectivity index (χ0n) is 13.9. The second-order valence-electron chi connectivity index (χ2n) is 5.58. The Labute approximate surface area is 150 Å². The van der Waals surface area contributed by atoms with E-state index in [4.69, 9.17) is 4.74 Å². The van der Waals surface area contributed by atoms with Gasteiger partial charge >= 0.3 is 12.4 Å².